The second-order valence-corrected chi connectivity index (χ2v) is 4.20. The normalized spacial score (nSPS) is 17.3. The molecule has 0 heterocycles. The van der Waals surface area contributed by atoms with Gasteiger partial charge in [-0.2, -0.15) is 4.79 Å². The Bertz CT molecular complexity index is 366. The molecule has 1 rings (SSSR count). The van der Waals surface area contributed by atoms with Gasteiger partial charge < -0.3 is 15.4 Å². The summed E-state index contributed by atoms with van der Waals surface area (Å²) in [5, 5.41) is 10.0. The molecule has 0 radical (unpaired) electrons. The van der Waals surface area contributed by atoms with Crippen molar-refractivity contribution in [3.8, 4) is 0 Å². The molecule has 0 saturated heterocycles. The van der Waals surface area contributed by atoms with Gasteiger partial charge in [0.1, 0.15) is 0 Å². The Morgan fingerprint density at radius 1 is 1.41 bits per heavy atom. The Kier molecular flexibility index (Phi) is 4.54. The summed E-state index contributed by atoms with van der Waals surface area (Å²) < 4.78 is 4.58. The third-order valence-electron chi connectivity index (χ3n) is 2.86. The van der Waals surface area contributed by atoms with Crippen LogP contribution in [0.2, 0.25) is 0 Å². The largest absolute Gasteiger partial charge is 0.457 e. The van der Waals surface area contributed by atoms with E-state index in [0.717, 1.165) is 12.8 Å². The quantitative estimate of drug-likeness (QED) is 0.248. The summed E-state index contributed by atoms with van der Waals surface area (Å²) in [6.45, 7) is 1.68. The summed E-state index contributed by atoms with van der Waals surface area (Å²) in [6.07, 6.45) is 2.56. The van der Waals surface area contributed by atoms with Crippen LogP contribution in [0.5, 0.6) is 0 Å². The number of aliphatic hydroxyl groups is 1. The van der Waals surface area contributed by atoms with Gasteiger partial charge in [-0.1, -0.05) is 12.8 Å². The monoisotopic (exact) mass is 240 g/mol. The van der Waals surface area contributed by atoms with Gasteiger partial charge in [-0.15, -0.1) is 0 Å². The van der Waals surface area contributed by atoms with E-state index >= 15 is 0 Å². The van der Waals surface area contributed by atoms with E-state index in [9.17, 15) is 14.7 Å². The molecule has 0 bridgehead atoms. The van der Waals surface area contributed by atoms with Crippen LogP contribution in [0.15, 0.2) is 0 Å². The van der Waals surface area contributed by atoms with Crippen molar-refractivity contribution in [2.45, 2.75) is 44.6 Å². The number of carbonyl (C=O) groups is 2. The second kappa shape index (κ2) is 5.70. The Morgan fingerprint density at radius 3 is 2.47 bits per heavy atom. The first-order valence-corrected chi connectivity index (χ1v) is 5.67. The lowest BCUT2D eigenvalue weighted by atomic mass is 9.93. The summed E-state index contributed by atoms with van der Waals surface area (Å²) in [5.74, 6) is -1.64. The van der Waals surface area contributed by atoms with Crippen LogP contribution in [0.3, 0.4) is 0 Å². The van der Waals surface area contributed by atoms with Crippen LogP contribution in [-0.2, 0) is 14.3 Å². The predicted octanol–water partition coefficient (Wildman–Crippen LogP) is 0.485. The van der Waals surface area contributed by atoms with Crippen molar-refractivity contribution < 1.29 is 24.2 Å². The van der Waals surface area contributed by atoms with Crippen LogP contribution in [0.1, 0.15) is 39.0 Å². The summed E-state index contributed by atoms with van der Waals surface area (Å²) in [7, 11) is 0. The molecule has 0 aliphatic heterocycles. The van der Waals surface area contributed by atoms with Gasteiger partial charge in [0.05, 0.1) is 12.2 Å². The minimum absolute atomic E-state index is 0.0927. The van der Waals surface area contributed by atoms with Crippen LogP contribution in [-0.4, -0.2) is 39.6 Å². The van der Waals surface area contributed by atoms with E-state index in [0.29, 0.717) is 12.8 Å². The van der Waals surface area contributed by atoms with Gasteiger partial charge in [-0.3, -0.25) is 4.79 Å². The van der Waals surface area contributed by atoms with E-state index in [2.05, 4.69) is 9.53 Å². The smallest absolute Gasteiger partial charge is 0.441 e. The molecule has 0 aromatic heterocycles. The summed E-state index contributed by atoms with van der Waals surface area (Å²) in [6, 6.07) is 0. The topological polar surface area (TPSA) is 100 Å². The first kappa shape index (κ1) is 13.5. The summed E-state index contributed by atoms with van der Waals surface area (Å²) >= 11 is 0. The predicted molar refractivity (Wildman–Crippen MR) is 58.3 cm³/mol. The zero-order chi connectivity index (χ0) is 12.9. The van der Waals surface area contributed by atoms with Crippen LogP contribution < -0.4 is 0 Å². The molecule has 17 heavy (non-hydrogen) atoms. The number of carbonyl (C=O) groups excluding carboxylic acids is 2. The molecular formula is C11H16N2O4. The van der Waals surface area contributed by atoms with Gasteiger partial charge in [-0.05, 0) is 19.8 Å². The zero-order valence-corrected chi connectivity index (χ0v) is 9.81. The average Bonchev–Trinajstić information content (AvgIpc) is 2.66. The molecule has 1 fully saturated rings. The highest BCUT2D eigenvalue weighted by atomic mass is 16.5. The van der Waals surface area contributed by atoms with Crippen LogP contribution in [0.25, 0.3) is 5.53 Å². The number of Topliss-reactive ketones (excluding diaryl/α,β-unsaturated/α-hetero) is 1. The van der Waals surface area contributed by atoms with Crippen LogP contribution >= 0.6 is 0 Å². The molecule has 0 atom stereocenters. The Morgan fingerprint density at radius 2 is 2.00 bits per heavy atom. The Balaban J connectivity index is 2.68. The fourth-order valence-electron chi connectivity index (χ4n) is 2.00. The molecule has 0 aromatic rings. The van der Waals surface area contributed by atoms with Crippen molar-refractivity contribution in [3.63, 3.8) is 0 Å². The van der Waals surface area contributed by atoms with Gasteiger partial charge in [0, 0.05) is 6.42 Å². The molecule has 0 spiro atoms. The molecule has 6 nitrogen and oxygen atoms in total. The third-order valence-corrected chi connectivity index (χ3v) is 2.86. The standard InChI is InChI=1S/C11H16N2O4/c1-2-17-10(15)9(13-12)8(14)7-11(16)5-3-4-6-11/h16H,2-7H2,1H3. The van der Waals surface area contributed by atoms with Crippen LogP contribution in [0.4, 0.5) is 0 Å². The molecule has 94 valence electrons. The molecule has 0 unspecified atom stereocenters. The van der Waals surface area contributed by atoms with E-state index in [-0.39, 0.29) is 13.0 Å². The van der Waals surface area contributed by atoms with E-state index in [1.165, 1.54) is 0 Å². The fraction of sp³-hybridized carbons (Fsp3) is 0.727. The molecule has 1 saturated carbocycles. The first-order valence-electron chi connectivity index (χ1n) is 5.67. The summed E-state index contributed by atoms with van der Waals surface area (Å²) in [4.78, 5) is 25.6. The maximum atomic E-state index is 11.7. The minimum Gasteiger partial charge on any atom is -0.457 e. The van der Waals surface area contributed by atoms with E-state index in [1.54, 1.807) is 6.92 Å². The van der Waals surface area contributed by atoms with Gasteiger partial charge in [0.2, 0.25) is 0 Å². The number of rotatable bonds is 5. The van der Waals surface area contributed by atoms with E-state index in [4.69, 9.17) is 5.53 Å². The summed E-state index contributed by atoms with van der Waals surface area (Å²) in [5.41, 5.74) is 6.92. The van der Waals surface area contributed by atoms with Gasteiger partial charge in [0.15, 0.2) is 0 Å². The Labute approximate surface area is 99.2 Å². The molecule has 6 heteroatoms. The Hall–Kier alpha value is -1.52. The van der Waals surface area contributed by atoms with Crippen molar-refractivity contribution in [1.82, 2.24) is 0 Å². The highest BCUT2D eigenvalue weighted by Gasteiger charge is 2.40. The number of hydrogen-bond acceptors (Lipinski definition) is 4. The first-order chi connectivity index (χ1) is 8.02. The molecular weight excluding hydrogens is 224 g/mol. The van der Waals surface area contributed by atoms with Crippen molar-refractivity contribution >= 4 is 17.5 Å². The van der Waals surface area contributed by atoms with Crippen molar-refractivity contribution in [3.05, 3.63) is 5.53 Å². The molecule has 1 aliphatic carbocycles. The zero-order valence-electron chi connectivity index (χ0n) is 9.81. The fourth-order valence-corrected chi connectivity index (χ4v) is 2.00. The third kappa shape index (κ3) is 3.47. The van der Waals surface area contributed by atoms with Gasteiger partial charge in [0.25, 0.3) is 5.78 Å². The number of ether oxygens (including phenoxy) is 1. The van der Waals surface area contributed by atoms with E-state index in [1.807, 2.05) is 0 Å². The lowest BCUT2D eigenvalue weighted by molar-refractivity contribution is -0.142. The number of nitrogens with zero attached hydrogens (tertiary/aromatic N) is 2. The van der Waals surface area contributed by atoms with Gasteiger partial charge in [-0.25, -0.2) is 4.79 Å². The molecule has 0 aromatic carbocycles. The number of esters is 1. The van der Waals surface area contributed by atoms with Crippen LogP contribution in [0, 0.1) is 0 Å². The lowest BCUT2D eigenvalue weighted by Crippen LogP contribution is -2.35. The lowest BCUT2D eigenvalue weighted by Gasteiger charge is -2.19. The van der Waals surface area contributed by atoms with E-state index < -0.39 is 23.1 Å². The molecule has 1 aliphatic rings. The van der Waals surface area contributed by atoms with Crippen molar-refractivity contribution in [2.75, 3.05) is 6.61 Å². The molecule has 0 amide bonds. The molecule has 1 N–H and O–H groups in total. The minimum atomic E-state index is -1.07. The number of hydrogen-bond donors (Lipinski definition) is 1. The highest BCUT2D eigenvalue weighted by molar-refractivity contribution is 6.62. The highest BCUT2D eigenvalue weighted by Crippen LogP contribution is 2.32. The number of ketones is 1. The second-order valence-electron chi connectivity index (χ2n) is 4.20. The van der Waals surface area contributed by atoms with Crippen molar-refractivity contribution in [2.24, 2.45) is 0 Å². The average molecular weight is 240 g/mol. The SMILES string of the molecule is CCOC(=O)C(=[N+]=[N-])C(=O)CC1(O)CCCC1. The maximum Gasteiger partial charge on any atom is 0.441 e. The van der Waals surface area contributed by atoms with Crippen molar-refractivity contribution in [1.29, 1.82) is 0 Å². The maximum absolute atomic E-state index is 11.7. The van der Waals surface area contributed by atoms with Gasteiger partial charge >= 0.3 is 11.7 Å².